The molecule has 0 aliphatic carbocycles. The number of anilines is 2. The van der Waals surface area contributed by atoms with Gasteiger partial charge in [0.1, 0.15) is 11.5 Å². The molecule has 0 bridgehead atoms. The van der Waals surface area contributed by atoms with Gasteiger partial charge in [-0.05, 0) is 56.0 Å². The molecule has 5 nitrogen and oxygen atoms in total. The minimum atomic E-state index is -0.587. The number of para-hydroxylation sites is 1. The molecule has 2 aliphatic rings. The topological polar surface area (TPSA) is 50.8 Å². The fraction of sp³-hybridized carbons (Fsp3) is 0.269. The van der Waals surface area contributed by atoms with Crippen LogP contribution in [0.3, 0.4) is 0 Å². The SMILES string of the molecule is C=C(C)C(=O)Oc1ccc2ccc3c(c2c1)N(C)CC1(Nc2ccccc2C1(C)C)O3. The van der Waals surface area contributed by atoms with Gasteiger partial charge in [-0.3, -0.25) is 0 Å². The largest absolute Gasteiger partial charge is 0.463 e. The molecule has 158 valence electrons. The first kappa shape index (κ1) is 19.5. The number of fused-ring (bicyclic) bond motifs is 4. The highest BCUT2D eigenvalue weighted by Gasteiger charge is 2.57. The quantitative estimate of drug-likeness (QED) is 0.353. The normalized spacial score (nSPS) is 20.6. The predicted octanol–water partition coefficient (Wildman–Crippen LogP) is 5.25. The van der Waals surface area contributed by atoms with Crippen molar-refractivity contribution in [3.8, 4) is 11.5 Å². The van der Waals surface area contributed by atoms with Crippen LogP contribution in [0, 0.1) is 0 Å². The van der Waals surface area contributed by atoms with Gasteiger partial charge in [0.2, 0.25) is 5.72 Å². The maximum absolute atomic E-state index is 12.0. The van der Waals surface area contributed by atoms with E-state index in [0.29, 0.717) is 17.9 Å². The smallest absolute Gasteiger partial charge is 0.338 e. The number of nitrogens with one attached hydrogen (secondary N) is 1. The lowest BCUT2D eigenvalue weighted by Gasteiger charge is -2.48. The van der Waals surface area contributed by atoms with Crippen LogP contribution in [0.15, 0.2) is 66.7 Å². The second-order valence-corrected chi connectivity index (χ2v) is 9.05. The van der Waals surface area contributed by atoms with Crippen LogP contribution in [0.1, 0.15) is 26.3 Å². The minimum Gasteiger partial charge on any atom is -0.463 e. The second kappa shape index (κ2) is 6.51. The molecule has 1 unspecified atom stereocenters. The first-order valence-corrected chi connectivity index (χ1v) is 10.4. The lowest BCUT2D eigenvalue weighted by molar-refractivity contribution is -0.130. The van der Waals surface area contributed by atoms with Crippen LogP contribution in [-0.4, -0.2) is 25.3 Å². The number of hydrogen-bond acceptors (Lipinski definition) is 5. The molecular weight excluding hydrogens is 388 g/mol. The Bertz CT molecular complexity index is 1250. The molecule has 1 atom stereocenters. The van der Waals surface area contributed by atoms with E-state index < -0.39 is 11.7 Å². The van der Waals surface area contributed by atoms with Crippen LogP contribution >= 0.6 is 0 Å². The Hall–Kier alpha value is -3.47. The highest BCUT2D eigenvalue weighted by Crippen LogP contribution is 2.53. The molecular formula is C26H26N2O3. The molecule has 5 heteroatoms. The fourth-order valence-corrected chi connectivity index (χ4v) is 4.75. The molecule has 0 amide bonds. The highest BCUT2D eigenvalue weighted by atomic mass is 16.5. The van der Waals surface area contributed by atoms with E-state index in [9.17, 15) is 4.79 Å². The predicted molar refractivity (Wildman–Crippen MR) is 124 cm³/mol. The second-order valence-electron chi connectivity index (χ2n) is 9.05. The Morgan fingerprint density at radius 1 is 1.16 bits per heavy atom. The summed E-state index contributed by atoms with van der Waals surface area (Å²) in [5.41, 5.74) is 2.90. The van der Waals surface area contributed by atoms with Gasteiger partial charge in [-0.2, -0.15) is 0 Å². The number of carbonyl (C=O) groups is 1. The van der Waals surface area contributed by atoms with Gasteiger partial charge in [0.15, 0.2) is 0 Å². The molecule has 1 N–H and O–H groups in total. The monoisotopic (exact) mass is 414 g/mol. The summed E-state index contributed by atoms with van der Waals surface area (Å²) >= 11 is 0. The van der Waals surface area contributed by atoms with Gasteiger partial charge in [0.05, 0.1) is 17.6 Å². The van der Waals surface area contributed by atoms with E-state index >= 15 is 0 Å². The summed E-state index contributed by atoms with van der Waals surface area (Å²) < 4.78 is 12.2. The van der Waals surface area contributed by atoms with Crippen molar-refractivity contribution in [3.63, 3.8) is 0 Å². The molecule has 1 spiro atoms. The minimum absolute atomic E-state index is 0.233. The summed E-state index contributed by atoms with van der Waals surface area (Å²) in [5, 5.41) is 5.71. The Morgan fingerprint density at radius 3 is 2.65 bits per heavy atom. The molecule has 3 aromatic rings. The molecule has 31 heavy (non-hydrogen) atoms. The Labute approximate surface area is 182 Å². The van der Waals surface area contributed by atoms with Crippen molar-refractivity contribution < 1.29 is 14.3 Å². The van der Waals surface area contributed by atoms with Crippen molar-refractivity contribution in [2.75, 3.05) is 23.8 Å². The lowest BCUT2D eigenvalue weighted by Crippen LogP contribution is -2.62. The van der Waals surface area contributed by atoms with Crippen LogP contribution in [0.5, 0.6) is 11.5 Å². The van der Waals surface area contributed by atoms with Crippen molar-refractivity contribution in [2.45, 2.75) is 31.9 Å². The molecule has 0 saturated heterocycles. The highest BCUT2D eigenvalue weighted by molar-refractivity contribution is 5.99. The third kappa shape index (κ3) is 2.80. The molecule has 2 aliphatic heterocycles. The zero-order valence-corrected chi connectivity index (χ0v) is 18.3. The van der Waals surface area contributed by atoms with Gasteiger partial charge in [0.25, 0.3) is 0 Å². The van der Waals surface area contributed by atoms with E-state index in [2.05, 4.69) is 55.9 Å². The molecule has 2 heterocycles. The zero-order chi connectivity index (χ0) is 22.0. The molecule has 5 rings (SSSR count). The number of benzene rings is 3. The molecule has 0 fully saturated rings. The van der Waals surface area contributed by atoms with E-state index in [1.807, 2.05) is 30.3 Å². The van der Waals surface area contributed by atoms with E-state index in [1.54, 1.807) is 13.0 Å². The summed E-state index contributed by atoms with van der Waals surface area (Å²) in [7, 11) is 2.08. The van der Waals surface area contributed by atoms with Gasteiger partial charge in [-0.25, -0.2) is 4.79 Å². The number of esters is 1. The average molecular weight is 415 g/mol. The fourth-order valence-electron chi connectivity index (χ4n) is 4.75. The van der Waals surface area contributed by atoms with Crippen LogP contribution < -0.4 is 19.7 Å². The number of likely N-dealkylation sites (N-methyl/N-ethyl adjacent to an activating group) is 1. The first-order valence-electron chi connectivity index (χ1n) is 10.4. The van der Waals surface area contributed by atoms with E-state index in [1.165, 1.54) is 5.56 Å². The van der Waals surface area contributed by atoms with Gasteiger partial charge in [-0.1, -0.05) is 36.9 Å². The number of ether oxygens (including phenoxy) is 2. The maximum atomic E-state index is 12.0. The molecule has 0 saturated carbocycles. The molecule has 0 radical (unpaired) electrons. The lowest BCUT2D eigenvalue weighted by atomic mass is 9.77. The maximum Gasteiger partial charge on any atom is 0.338 e. The van der Waals surface area contributed by atoms with E-state index in [-0.39, 0.29) is 5.41 Å². The number of nitrogens with zero attached hydrogens (tertiary/aromatic N) is 1. The van der Waals surface area contributed by atoms with Crippen molar-refractivity contribution in [2.24, 2.45) is 0 Å². The number of carbonyl (C=O) groups excluding carboxylic acids is 1. The number of hydrogen-bond donors (Lipinski definition) is 1. The summed E-state index contributed by atoms with van der Waals surface area (Å²) in [6.07, 6.45) is 0. The van der Waals surface area contributed by atoms with E-state index in [0.717, 1.165) is 27.9 Å². The van der Waals surface area contributed by atoms with E-state index in [4.69, 9.17) is 9.47 Å². The van der Waals surface area contributed by atoms with Crippen molar-refractivity contribution in [1.82, 2.24) is 0 Å². The van der Waals surface area contributed by atoms with Gasteiger partial charge in [-0.15, -0.1) is 0 Å². The summed E-state index contributed by atoms with van der Waals surface area (Å²) in [5.74, 6) is 0.870. The number of rotatable bonds is 2. The summed E-state index contributed by atoms with van der Waals surface area (Å²) in [6.45, 7) is 10.4. The standard InChI is InChI=1S/C26H26N2O3/c1-16(2)24(29)30-18-12-10-17-11-13-22-23(19(17)14-18)28(5)15-26(31-22)25(3,4)20-8-6-7-9-21(20)27-26/h6-14,27H,1,15H2,2-5H3. The van der Waals surface area contributed by atoms with Crippen molar-refractivity contribution >= 4 is 28.1 Å². The third-order valence-electron chi connectivity index (χ3n) is 6.56. The van der Waals surface area contributed by atoms with Gasteiger partial charge in [0, 0.05) is 23.7 Å². The zero-order valence-electron chi connectivity index (χ0n) is 18.3. The molecule has 0 aromatic heterocycles. The first-order chi connectivity index (χ1) is 14.7. The third-order valence-corrected chi connectivity index (χ3v) is 6.56. The van der Waals surface area contributed by atoms with Gasteiger partial charge >= 0.3 is 5.97 Å². The van der Waals surface area contributed by atoms with Crippen LogP contribution in [0.25, 0.3) is 10.8 Å². The Balaban J connectivity index is 1.59. The Morgan fingerprint density at radius 2 is 1.90 bits per heavy atom. The van der Waals surface area contributed by atoms with Gasteiger partial charge < -0.3 is 19.7 Å². The van der Waals surface area contributed by atoms with Crippen molar-refractivity contribution in [3.05, 3.63) is 72.3 Å². The van der Waals surface area contributed by atoms with Crippen LogP contribution in [-0.2, 0) is 10.2 Å². The average Bonchev–Trinajstić information content (AvgIpc) is 2.93. The Kier molecular flexibility index (Phi) is 4.09. The summed E-state index contributed by atoms with van der Waals surface area (Å²) in [6, 6.07) is 18.1. The summed E-state index contributed by atoms with van der Waals surface area (Å²) in [4.78, 5) is 14.2. The molecule has 3 aromatic carbocycles. The van der Waals surface area contributed by atoms with Crippen LogP contribution in [0.4, 0.5) is 11.4 Å². The van der Waals surface area contributed by atoms with Crippen LogP contribution in [0.2, 0.25) is 0 Å². The van der Waals surface area contributed by atoms with Crippen molar-refractivity contribution in [1.29, 1.82) is 0 Å².